The van der Waals surface area contributed by atoms with Crippen LogP contribution in [0.3, 0.4) is 0 Å². The molecule has 1 aromatic carbocycles. The molecule has 1 heterocycles. The molecule has 0 spiro atoms. The van der Waals surface area contributed by atoms with E-state index in [1.54, 1.807) is 11.3 Å². The number of carbonyl (C=O) groups is 1. The van der Waals surface area contributed by atoms with Gasteiger partial charge in [-0.3, -0.25) is 0 Å². The van der Waals surface area contributed by atoms with Crippen molar-refractivity contribution in [2.45, 2.75) is 31.8 Å². The first-order valence-electron chi connectivity index (χ1n) is 7.44. The number of hydrogen-bond acceptors (Lipinski definition) is 2. The first-order chi connectivity index (χ1) is 10.3. The Bertz CT molecular complexity index is 564. The Morgan fingerprint density at radius 2 is 2.00 bits per heavy atom. The number of hydrogen-bond donors (Lipinski definition) is 2. The van der Waals surface area contributed by atoms with Crippen LogP contribution in [-0.2, 0) is 6.54 Å². The van der Waals surface area contributed by atoms with Gasteiger partial charge in [-0.2, -0.15) is 0 Å². The molecule has 3 nitrogen and oxygen atoms in total. The molecular formula is C17H20N2OS. The van der Waals surface area contributed by atoms with Crippen molar-refractivity contribution in [3.05, 3.63) is 58.3 Å². The third-order valence-corrected chi connectivity index (χ3v) is 4.95. The third-order valence-electron chi connectivity index (χ3n) is 4.07. The number of benzene rings is 1. The molecular weight excluding hydrogens is 280 g/mol. The van der Waals surface area contributed by atoms with Gasteiger partial charge in [-0.05, 0) is 35.8 Å². The van der Waals surface area contributed by atoms with Crippen LogP contribution in [0.2, 0.25) is 0 Å². The van der Waals surface area contributed by atoms with E-state index in [-0.39, 0.29) is 12.1 Å². The minimum atomic E-state index is -0.0795. The molecule has 1 atom stereocenters. The van der Waals surface area contributed by atoms with Gasteiger partial charge in [0.1, 0.15) is 0 Å². The summed E-state index contributed by atoms with van der Waals surface area (Å²) in [6, 6.07) is 14.4. The second-order valence-corrected chi connectivity index (χ2v) is 6.52. The third kappa shape index (κ3) is 3.64. The van der Waals surface area contributed by atoms with E-state index < -0.39 is 0 Å². The summed E-state index contributed by atoms with van der Waals surface area (Å²) in [5.41, 5.74) is 1.20. The summed E-state index contributed by atoms with van der Waals surface area (Å²) in [5.74, 6) is 0.569. The van der Waals surface area contributed by atoms with Crippen LogP contribution in [0, 0.1) is 5.92 Å². The fourth-order valence-corrected chi connectivity index (χ4v) is 3.32. The second kappa shape index (κ2) is 6.76. The minimum absolute atomic E-state index is 0.0795. The second-order valence-electron chi connectivity index (χ2n) is 5.49. The van der Waals surface area contributed by atoms with Gasteiger partial charge in [0, 0.05) is 4.88 Å². The molecule has 0 aliphatic heterocycles. The fourth-order valence-electron chi connectivity index (χ4n) is 2.68. The van der Waals surface area contributed by atoms with Crippen molar-refractivity contribution in [2.75, 3.05) is 0 Å². The molecule has 0 bridgehead atoms. The van der Waals surface area contributed by atoms with E-state index in [0.717, 1.165) is 0 Å². The monoisotopic (exact) mass is 300 g/mol. The summed E-state index contributed by atoms with van der Waals surface area (Å²) in [5, 5.41) is 8.12. The predicted octanol–water partition coefficient (Wildman–Crippen LogP) is 4.09. The van der Waals surface area contributed by atoms with Gasteiger partial charge in [0.25, 0.3) is 0 Å². The van der Waals surface area contributed by atoms with Crippen molar-refractivity contribution in [2.24, 2.45) is 5.92 Å². The van der Waals surface area contributed by atoms with Gasteiger partial charge in [-0.1, -0.05) is 42.8 Å². The van der Waals surface area contributed by atoms with Crippen LogP contribution < -0.4 is 10.6 Å². The summed E-state index contributed by atoms with van der Waals surface area (Å²) in [4.78, 5) is 13.3. The lowest BCUT2D eigenvalue weighted by molar-refractivity contribution is 0.208. The molecule has 1 unspecified atom stereocenters. The number of rotatable bonds is 5. The molecule has 21 heavy (non-hydrogen) atoms. The fraction of sp³-hybridized carbons (Fsp3) is 0.353. The molecule has 4 heteroatoms. The van der Waals surface area contributed by atoms with Gasteiger partial charge >= 0.3 is 6.03 Å². The summed E-state index contributed by atoms with van der Waals surface area (Å²) < 4.78 is 0. The van der Waals surface area contributed by atoms with Gasteiger partial charge in [0.15, 0.2) is 0 Å². The van der Waals surface area contributed by atoms with Crippen LogP contribution in [0.5, 0.6) is 0 Å². The molecule has 1 saturated carbocycles. The lowest BCUT2D eigenvalue weighted by Gasteiger charge is -2.34. The molecule has 2 aromatic rings. The van der Waals surface area contributed by atoms with E-state index in [2.05, 4.69) is 22.8 Å². The normalized spacial score (nSPS) is 16.0. The highest BCUT2D eigenvalue weighted by atomic mass is 32.1. The topological polar surface area (TPSA) is 41.1 Å². The zero-order chi connectivity index (χ0) is 14.5. The van der Waals surface area contributed by atoms with E-state index in [0.29, 0.717) is 12.5 Å². The maximum Gasteiger partial charge on any atom is 0.315 e. The molecule has 1 aromatic heterocycles. The number of urea groups is 1. The van der Waals surface area contributed by atoms with Crippen molar-refractivity contribution in [3.63, 3.8) is 0 Å². The van der Waals surface area contributed by atoms with E-state index >= 15 is 0 Å². The molecule has 2 N–H and O–H groups in total. The van der Waals surface area contributed by atoms with Crippen molar-refractivity contribution in [3.8, 4) is 0 Å². The zero-order valence-electron chi connectivity index (χ0n) is 11.9. The summed E-state index contributed by atoms with van der Waals surface area (Å²) in [7, 11) is 0. The predicted molar refractivity (Wildman–Crippen MR) is 86.2 cm³/mol. The number of thiophene rings is 1. The van der Waals surface area contributed by atoms with Crippen LogP contribution in [0.25, 0.3) is 0 Å². The molecule has 3 rings (SSSR count). The Kier molecular flexibility index (Phi) is 4.55. The number of carbonyl (C=O) groups excluding carboxylic acids is 1. The minimum Gasteiger partial charge on any atom is -0.333 e. The standard InChI is InChI=1S/C17H20N2OS/c20-17(18-12-15-10-5-11-21-15)19-16(14-8-4-9-14)13-6-2-1-3-7-13/h1-3,5-7,10-11,14,16H,4,8-9,12H2,(H2,18,19,20). The molecule has 110 valence electrons. The van der Waals surface area contributed by atoms with Gasteiger partial charge in [-0.25, -0.2) is 4.79 Å². The van der Waals surface area contributed by atoms with Crippen molar-refractivity contribution in [1.82, 2.24) is 10.6 Å². The van der Waals surface area contributed by atoms with Crippen LogP contribution in [-0.4, -0.2) is 6.03 Å². The Balaban J connectivity index is 1.60. The summed E-state index contributed by atoms with van der Waals surface area (Å²) in [6.07, 6.45) is 3.67. The van der Waals surface area contributed by atoms with E-state index in [1.807, 2.05) is 35.7 Å². The number of amides is 2. The first kappa shape index (κ1) is 14.1. The zero-order valence-corrected chi connectivity index (χ0v) is 12.7. The quantitative estimate of drug-likeness (QED) is 0.858. The maximum atomic E-state index is 12.1. The van der Waals surface area contributed by atoms with Gasteiger partial charge < -0.3 is 10.6 Å². The van der Waals surface area contributed by atoms with Gasteiger partial charge in [0.2, 0.25) is 0 Å². The average molecular weight is 300 g/mol. The van der Waals surface area contributed by atoms with Crippen LogP contribution >= 0.6 is 11.3 Å². The van der Waals surface area contributed by atoms with Crippen molar-refractivity contribution in [1.29, 1.82) is 0 Å². The smallest absolute Gasteiger partial charge is 0.315 e. The van der Waals surface area contributed by atoms with Crippen LogP contribution in [0.15, 0.2) is 47.8 Å². The molecule has 0 radical (unpaired) electrons. The Morgan fingerprint density at radius 3 is 2.62 bits per heavy atom. The van der Waals surface area contributed by atoms with E-state index in [4.69, 9.17) is 0 Å². The van der Waals surface area contributed by atoms with Gasteiger partial charge in [0.05, 0.1) is 12.6 Å². The highest BCUT2D eigenvalue weighted by molar-refractivity contribution is 7.09. The largest absolute Gasteiger partial charge is 0.333 e. The maximum absolute atomic E-state index is 12.1. The summed E-state index contributed by atoms with van der Waals surface area (Å²) in [6.45, 7) is 0.593. The Morgan fingerprint density at radius 1 is 1.19 bits per heavy atom. The first-order valence-corrected chi connectivity index (χ1v) is 8.32. The Hall–Kier alpha value is -1.81. The molecule has 1 fully saturated rings. The lowest BCUT2D eigenvalue weighted by atomic mass is 9.77. The van der Waals surface area contributed by atoms with Gasteiger partial charge in [-0.15, -0.1) is 11.3 Å². The highest BCUT2D eigenvalue weighted by Gasteiger charge is 2.29. The average Bonchev–Trinajstić information content (AvgIpc) is 2.97. The van der Waals surface area contributed by atoms with E-state index in [1.165, 1.54) is 29.7 Å². The summed E-state index contributed by atoms with van der Waals surface area (Å²) >= 11 is 1.66. The molecule has 1 aliphatic rings. The lowest BCUT2D eigenvalue weighted by Crippen LogP contribution is -2.41. The molecule has 0 saturated heterocycles. The van der Waals surface area contributed by atoms with Crippen molar-refractivity contribution >= 4 is 17.4 Å². The highest BCUT2D eigenvalue weighted by Crippen LogP contribution is 2.37. The van der Waals surface area contributed by atoms with Crippen molar-refractivity contribution < 1.29 is 4.79 Å². The van der Waals surface area contributed by atoms with Crippen LogP contribution in [0.1, 0.15) is 35.7 Å². The molecule has 1 aliphatic carbocycles. The van der Waals surface area contributed by atoms with E-state index in [9.17, 15) is 4.79 Å². The molecule has 2 amide bonds. The number of nitrogens with one attached hydrogen (secondary N) is 2. The SMILES string of the molecule is O=C(NCc1cccs1)NC(c1ccccc1)C1CCC1. The van der Waals surface area contributed by atoms with Crippen LogP contribution in [0.4, 0.5) is 4.79 Å². The Labute approximate surface area is 129 Å².